The summed E-state index contributed by atoms with van der Waals surface area (Å²) in [7, 11) is 0. The second-order valence-electron chi connectivity index (χ2n) is 2.27. The molecule has 1 heterocycles. The van der Waals surface area contributed by atoms with Gasteiger partial charge in [0.25, 0.3) is 0 Å². The first kappa shape index (κ1) is 7.43. The van der Waals surface area contributed by atoms with Crippen LogP contribution in [0.5, 0.6) is 0 Å². The Bertz CT molecular complexity index is 155. The Balaban J connectivity index is 2.53. The largest absolute Gasteiger partial charge is 0.485 e. The maximum Gasteiger partial charge on any atom is 0.485 e. The highest BCUT2D eigenvalue weighted by molar-refractivity contribution is 6.60. The maximum absolute atomic E-state index is 11.8. The van der Waals surface area contributed by atoms with E-state index in [1.807, 2.05) is 0 Å². The number of hydrogen-bond donors (Lipinski definition) is 0. The van der Waals surface area contributed by atoms with Crippen LogP contribution in [0.15, 0.2) is 0 Å². The van der Waals surface area contributed by atoms with Crippen LogP contribution in [0.4, 0.5) is 12.9 Å². The van der Waals surface area contributed by atoms with Crippen molar-refractivity contribution in [3.05, 3.63) is 0 Å². The SMILES string of the molecule is O=C1CC([B-](F)(F)F)CO1. The number of carbonyl (C=O) groups is 1. The molecule has 0 N–H and O–H groups in total. The number of hydrogen-bond acceptors (Lipinski definition) is 2. The minimum absolute atomic E-state index is 0.484. The standard InChI is InChI=1S/C4H5BF3O2/c6-5(7,8)3-1-4(9)10-2-3/h3H,1-2H2/q-1. The summed E-state index contributed by atoms with van der Waals surface area (Å²) in [5.74, 6) is -2.27. The molecule has 2 nitrogen and oxygen atoms in total. The van der Waals surface area contributed by atoms with Gasteiger partial charge >= 0.3 is 12.9 Å². The van der Waals surface area contributed by atoms with Crippen molar-refractivity contribution in [1.29, 1.82) is 0 Å². The predicted molar refractivity (Wildman–Crippen MR) is 28.4 cm³/mol. The monoisotopic (exact) mass is 153 g/mol. The van der Waals surface area contributed by atoms with Crippen molar-refractivity contribution in [3.8, 4) is 0 Å². The van der Waals surface area contributed by atoms with Gasteiger partial charge in [-0.05, 0) is 5.82 Å². The predicted octanol–water partition coefficient (Wildman–Crippen LogP) is 1.15. The van der Waals surface area contributed by atoms with Gasteiger partial charge in [0.2, 0.25) is 0 Å². The molecule has 0 amide bonds. The van der Waals surface area contributed by atoms with E-state index in [-0.39, 0.29) is 0 Å². The molecule has 1 rings (SSSR count). The molecule has 0 saturated carbocycles. The van der Waals surface area contributed by atoms with Gasteiger partial charge in [-0.3, -0.25) is 4.79 Å². The first-order chi connectivity index (χ1) is 4.50. The Kier molecular flexibility index (Phi) is 1.62. The molecule has 0 radical (unpaired) electrons. The second-order valence-corrected chi connectivity index (χ2v) is 2.27. The van der Waals surface area contributed by atoms with E-state index in [0.29, 0.717) is 0 Å². The van der Waals surface area contributed by atoms with Gasteiger partial charge in [0.05, 0.1) is 6.61 Å². The molecule has 0 aromatic heterocycles. The lowest BCUT2D eigenvalue weighted by Gasteiger charge is -2.17. The summed E-state index contributed by atoms with van der Waals surface area (Å²) in [5.41, 5.74) is 0. The van der Waals surface area contributed by atoms with Crippen LogP contribution in [-0.4, -0.2) is 19.6 Å². The highest BCUT2D eigenvalue weighted by Gasteiger charge is 2.40. The zero-order valence-electron chi connectivity index (χ0n) is 5.02. The van der Waals surface area contributed by atoms with Gasteiger partial charge in [-0.25, -0.2) is 0 Å². The Morgan fingerprint density at radius 1 is 1.50 bits per heavy atom. The van der Waals surface area contributed by atoms with Gasteiger partial charge in [0.1, 0.15) is 0 Å². The van der Waals surface area contributed by atoms with E-state index in [1.165, 1.54) is 0 Å². The summed E-state index contributed by atoms with van der Waals surface area (Å²) in [4.78, 5) is 10.2. The molecular formula is C4H5BF3O2-. The van der Waals surface area contributed by atoms with E-state index in [4.69, 9.17) is 0 Å². The van der Waals surface area contributed by atoms with Crippen molar-refractivity contribution in [3.63, 3.8) is 0 Å². The second kappa shape index (κ2) is 2.18. The van der Waals surface area contributed by atoms with Crippen LogP contribution >= 0.6 is 0 Å². The van der Waals surface area contributed by atoms with E-state index in [0.717, 1.165) is 0 Å². The smallest absolute Gasteiger partial charge is 0.468 e. The van der Waals surface area contributed by atoms with Crippen LogP contribution in [0.1, 0.15) is 6.42 Å². The molecule has 6 heteroatoms. The first-order valence-electron chi connectivity index (χ1n) is 2.85. The molecule has 0 aliphatic carbocycles. The number of cyclic esters (lactones) is 1. The van der Waals surface area contributed by atoms with E-state index in [9.17, 15) is 17.7 Å². The van der Waals surface area contributed by atoms with E-state index >= 15 is 0 Å². The summed E-state index contributed by atoms with van der Waals surface area (Å²) in [6.07, 6.45) is -0.497. The molecule has 0 aromatic rings. The Labute approximate surface area is 55.4 Å². The van der Waals surface area contributed by atoms with Gasteiger partial charge in [-0.15, -0.1) is 0 Å². The molecule has 1 aliphatic heterocycles. The van der Waals surface area contributed by atoms with E-state index < -0.39 is 31.8 Å². The van der Waals surface area contributed by atoms with Gasteiger partial charge in [-0.2, -0.15) is 0 Å². The third-order valence-electron chi connectivity index (χ3n) is 1.42. The zero-order valence-corrected chi connectivity index (χ0v) is 5.02. The number of carbonyl (C=O) groups excluding carboxylic acids is 1. The molecular weight excluding hydrogens is 148 g/mol. The third-order valence-corrected chi connectivity index (χ3v) is 1.42. The summed E-state index contributed by atoms with van der Waals surface area (Å²) in [6, 6.07) is 0. The average molecular weight is 153 g/mol. The fourth-order valence-electron chi connectivity index (χ4n) is 0.775. The highest BCUT2D eigenvalue weighted by atomic mass is 19.4. The zero-order chi connectivity index (χ0) is 7.78. The summed E-state index contributed by atoms with van der Waals surface area (Å²) in [6.45, 7) is -5.37. The van der Waals surface area contributed by atoms with Crippen molar-refractivity contribution in [2.45, 2.75) is 12.2 Å². The Morgan fingerprint density at radius 3 is 2.30 bits per heavy atom. The van der Waals surface area contributed by atoms with Crippen molar-refractivity contribution < 1.29 is 22.5 Å². The molecule has 58 valence electrons. The van der Waals surface area contributed by atoms with Crippen molar-refractivity contribution in [1.82, 2.24) is 0 Å². The Morgan fingerprint density at radius 2 is 2.10 bits per heavy atom. The van der Waals surface area contributed by atoms with E-state index in [1.54, 1.807) is 0 Å². The molecule has 0 aromatic carbocycles. The van der Waals surface area contributed by atoms with Crippen LogP contribution in [0.25, 0.3) is 0 Å². The molecule has 0 bridgehead atoms. The van der Waals surface area contributed by atoms with Crippen molar-refractivity contribution >= 4 is 12.9 Å². The number of rotatable bonds is 1. The average Bonchev–Trinajstić information content (AvgIpc) is 2.11. The maximum atomic E-state index is 11.8. The van der Waals surface area contributed by atoms with Gasteiger partial charge in [-0.1, -0.05) is 0 Å². The van der Waals surface area contributed by atoms with Crippen molar-refractivity contribution in [2.24, 2.45) is 0 Å². The fourth-order valence-corrected chi connectivity index (χ4v) is 0.775. The summed E-state index contributed by atoms with van der Waals surface area (Å²) < 4.78 is 39.4. The van der Waals surface area contributed by atoms with Gasteiger partial charge in [0, 0.05) is 6.42 Å². The molecule has 1 aliphatic rings. The third kappa shape index (κ3) is 1.43. The lowest BCUT2D eigenvalue weighted by atomic mass is 9.72. The Hall–Kier alpha value is -0.675. The normalized spacial score (nSPS) is 26.7. The van der Waals surface area contributed by atoms with Crippen LogP contribution in [-0.2, 0) is 9.53 Å². The fraction of sp³-hybridized carbons (Fsp3) is 0.750. The molecule has 1 atom stereocenters. The molecule has 10 heavy (non-hydrogen) atoms. The van der Waals surface area contributed by atoms with Gasteiger partial charge in [0.15, 0.2) is 0 Å². The topological polar surface area (TPSA) is 26.3 Å². The minimum Gasteiger partial charge on any atom is -0.468 e. The number of esters is 1. The lowest BCUT2D eigenvalue weighted by Crippen LogP contribution is -2.24. The van der Waals surface area contributed by atoms with E-state index in [2.05, 4.69) is 4.74 Å². The molecule has 1 saturated heterocycles. The summed E-state index contributed by atoms with van der Waals surface area (Å²) >= 11 is 0. The van der Waals surface area contributed by atoms with Crippen LogP contribution in [0.2, 0.25) is 5.82 Å². The molecule has 1 fully saturated rings. The van der Waals surface area contributed by atoms with Gasteiger partial charge < -0.3 is 17.7 Å². The van der Waals surface area contributed by atoms with Crippen LogP contribution in [0.3, 0.4) is 0 Å². The number of ether oxygens (including phenoxy) is 1. The highest BCUT2D eigenvalue weighted by Crippen LogP contribution is 2.33. The summed E-state index contributed by atoms with van der Waals surface area (Å²) in [5, 5.41) is 0. The molecule has 1 unspecified atom stereocenters. The first-order valence-corrected chi connectivity index (χ1v) is 2.85. The van der Waals surface area contributed by atoms with Crippen LogP contribution < -0.4 is 0 Å². The lowest BCUT2D eigenvalue weighted by molar-refractivity contribution is -0.137. The number of halogens is 3. The van der Waals surface area contributed by atoms with Crippen molar-refractivity contribution in [2.75, 3.05) is 6.61 Å². The quantitative estimate of drug-likeness (QED) is 0.417. The molecule has 0 spiro atoms. The minimum atomic E-state index is -4.88. The van der Waals surface area contributed by atoms with Crippen LogP contribution in [0, 0.1) is 0 Å².